The Morgan fingerprint density at radius 1 is 1.50 bits per heavy atom. The van der Waals surface area contributed by atoms with Gasteiger partial charge < -0.3 is 15.3 Å². The zero-order chi connectivity index (χ0) is 13.7. The fourth-order valence-corrected chi connectivity index (χ4v) is 1.23. The Morgan fingerprint density at radius 3 is 2.67 bits per heavy atom. The van der Waals surface area contributed by atoms with E-state index < -0.39 is 5.97 Å². The van der Waals surface area contributed by atoms with Gasteiger partial charge in [-0.1, -0.05) is 0 Å². The molecule has 1 rings (SSSR count). The van der Waals surface area contributed by atoms with Gasteiger partial charge in [0.1, 0.15) is 0 Å². The summed E-state index contributed by atoms with van der Waals surface area (Å²) in [5.74, 6) is -0.905. The number of aromatic carboxylic acids is 1. The Morgan fingerprint density at radius 2 is 2.17 bits per heavy atom. The fourth-order valence-electron chi connectivity index (χ4n) is 1.23. The molecule has 98 valence electrons. The van der Waals surface area contributed by atoms with E-state index in [1.165, 1.54) is 6.20 Å². The first-order valence-electron chi connectivity index (χ1n) is 5.50. The molecule has 1 amide bonds. The third-order valence-corrected chi connectivity index (χ3v) is 2.51. The van der Waals surface area contributed by atoms with Crippen molar-refractivity contribution in [1.82, 2.24) is 14.9 Å². The predicted molar refractivity (Wildman–Crippen MR) is 65.5 cm³/mol. The molecule has 1 aromatic heterocycles. The molecule has 1 heterocycles. The van der Waals surface area contributed by atoms with Crippen LogP contribution < -0.4 is 5.32 Å². The van der Waals surface area contributed by atoms with E-state index in [0.717, 1.165) is 0 Å². The highest BCUT2D eigenvalue weighted by molar-refractivity contribution is 5.88. The number of aryl methyl sites for hydroxylation is 1. The molecule has 1 aromatic rings. The molecule has 0 aromatic carbocycles. The number of anilines is 1. The molecule has 0 saturated heterocycles. The second kappa shape index (κ2) is 5.95. The van der Waals surface area contributed by atoms with Gasteiger partial charge in [-0.3, -0.25) is 4.79 Å². The summed E-state index contributed by atoms with van der Waals surface area (Å²) in [6.07, 6.45) is 1.22. The number of nitrogens with zero attached hydrogens (tertiary/aromatic N) is 3. The van der Waals surface area contributed by atoms with Crippen LogP contribution >= 0.6 is 0 Å². The molecule has 18 heavy (non-hydrogen) atoms. The number of likely N-dealkylation sites (N-methyl/N-ethyl adjacent to an activating group) is 1. The van der Waals surface area contributed by atoms with Crippen molar-refractivity contribution in [3.8, 4) is 0 Å². The number of carbonyl (C=O) groups excluding carboxylic acids is 1. The SMILES string of the molecule is CCN(C)C(=O)CNc1ncc(C(=O)O)c(C)n1. The number of amides is 1. The first-order chi connectivity index (χ1) is 8.45. The summed E-state index contributed by atoms with van der Waals surface area (Å²) < 4.78 is 0. The summed E-state index contributed by atoms with van der Waals surface area (Å²) in [6.45, 7) is 4.16. The molecule has 0 aliphatic carbocycles. The maximum absolute atomic E-state index is 11.5. The fraction of sp³-hybridized carbons (Fsp3) is 0.455. The Hall–Kier alpha value is -2.18. The van der Waals surface area contributed by atoms with E-state index in [1.807, 2.05) is 6.92 Å². The molecule has 7 nitrogen and oxygen atoms in total. The van der Waals surface area contributed by atoms with Gasteiger partial charge in [-0.2, -0.15) is 0 Å². The highest BCUT2D eigenvalue weighted by atomic mass is 16.4. The Balaban J connectivity index is 2.67. The van der Waals surface area contributed by atoms with E-state index in [2.05, 4.69) is 15.3 Å². The monoisotopic (exact) mass is 252 g/mol. The number of nitrogens with one attached hydrogen (secondary N) is 1. The molecule has 0 atom stereocenters. The van der Waals surface area contributed by atoms with E-state index in [1.54, 1.807) is 18.9 Å². The van der Waals surface area contributed by atoms with Crippen LogP contribution in [0.25, 0.3) is 0 Å². The number of rotatable bonds is 5. The lowest BCUT2D eigenvalue weighted by atomic mass is 10.2. The van der Waals surface area contributed by atoms with Crippen molar-refractivity contribution < 1.29 is 14.7 Å². The molecule has 7 heteroatoms. The lowest BCUT2D eigenvalue weighted by Crippen LogP contribution is -2.32. The van der Waals surface area contributed by atoms with Gasteiger partial charge in [0.15, 0.2) is 0 Å². The molecule has 0 aliphatic heterocycles. The third-order valence-electron chi connectivity index (χ3n) is 2.51. The van der Waals surface area contributed by atoms with Gasteiger partial charge in [-0.25, -0.2) is 14.8 Å². The van der Waals surface area contributed by atoms with Gasteiger partial charge in [0, 0.05) is 19.8 Å². The van der Waals surface area contributed by atoms with E-state index in [-0.39, 0.29) is 24.0 Å². The van der Waals surface area contributed by atoms with Gasteiger partial charge in [-0.05, 0) is 13.8 Å². The van der Waals surface area contributed by atoms with Crippen LogP contribution in [0.2, 0.25) is 0 Å². The van der Waals surface area contributed by atoms with Crippen LogP contribution in [0.5, 0.6) is 0 Å². The Kier molecular flexibility index (Phi) is 4.59. The highest BCUT2D eigenvalue weighted by Crippen LogP contribution is 2.06. The molecule has 2 N–H and O–H groups in total. The normalized spacial score (nSPS) is 9.94. The topological polar surface area (TPSA) is 95.4 Å². The van der Waals surface area contributed by atoms with Crippen LogP contribution in [-0.4, -0.2) is 52.0 Å². The minimum absolute atomic E-state index is 0.0533. The number of hydrogen-bond donors (Lipinski definition) is 2. The number of carboxylic acid groups (broad SMARTS) is 1. The number of carboxylic acids is 1. The molecule has 0 spiro atoms. The summed E-state index contributed by atoms with van der Waals surface area (Å²) in [5, 5.41) is 11.6. The number of hydrogen-bond acceptors (Lipinski definition) is 5. The molecular formula is C11H16N4O3. The molecule has 0 fully saturated rings. The number of carbonyl (C=O) groups is 2. The molecule has 0 unspecified atom stereocenters. The second-order valence-corrected chi connectivity index (χ2v) is 3.76. The quantitative estimate of drug-likeness (QED) is 0.786. The average Bonchev–Trinajstić information content (AvgIpc) is 2.34. The van der Waals surface area contributed by atoms with E-state index in [9.17, 15) is 9.59 Å². The van der Waals surface area contributed by atoms with Crippen molar-refractivity contribution in [3.63, 3.8) is 0 Å². The first kappa shape index (κ1) is 13.9. The van der Waals surface area contributed by atoms with E-state index >= 15 is 0 Å². The number of aromatic nitrogens is 2. The van der Waals surface area contributed by atoms with Crippen molar-refractivity contribution in [2.45, 2.75) is 13.8 Å². The van der Waals surface area contributed by atoms with Crippen molar-refractivity contribution >= 4 is 17.8 Å². The Labute approximate surface area is 105 Å². The molecule has 0 radical (unpaired) electrons. The van der Waals surface area contributed by atoms with Crippen molar-refractivity contribution in [1.29, 1.82) is 0 Å². The van der Waals surface area contributed by atoms with E-state index in [4.69, 9.17) is 5.11 Å². The smallest absolute Gasteiger partial charge is 0.339 e. The summed E-state index contributed by atoms with van der Waals surface area (Å²) in [5.41, 5.74) is 0.411. The zero-order valence-electron chi connectivity index (χ0n) is 10.6. The molecule has 0 aliphatic rings. The van der Waals surface area contributed by atoms with Crippen LogP contribution in [0, 0.1) is 6.92 Å². The zero-order valence-corrected chi connectivity index (χ0v) is 10.6. The van der Waals surface area contributed by atoms with Gasteiger partial charge in [0.25, 0.3) is 0 Å². The van der Waals surface area contributed by atoms with Crippen LogP contribution in [0.4, 0.5) is 5.95 Å². The van der Waals surface area contributed by atoms with E-state index in [0.29, 0.717) is 12.2 Å². The van der Waals surface area contributed by atoms with Crippen LogP contribution in [0.15, 0.2) is 6.20 Å². The average molecular weight is 252 g/mol. The molecular weight excluding hydrogens is 236 g/mol. The van der Waals surface area contributed by atoms with Crippen molar-refractivity contribution in [3.05, 3.63) is 17.5 Å². The minimum Gasteiger partial charge on any atom is -0.478 e. The third kappa shape index (κ3) is 3.41. The van der Waals surface area contributed by atoms with Crippen LogP contribution in [-0.2, 0) is 4.79 Å². The maximum Gasteiger partial charge on any atom is 0.339 e. The highest BCUT2D eigenvalue weighted by Gasteiger charge is 2.11. The van der Waals surface area contributed by atoms with Gasteiger partial charge in [0.2, 0.25) is 11.9 Å². The lowest BCUT2D eigenvalue weighted by Gasteiger charge is -2.14. The summed E-state index contributed by atoms with van der Waals surface area (Å²) in [7, 11) is 1.70. The van der Waals surface area contributed by atoms with Crippen LogP contribution in [0.3, 0.4) is 0 Å². The molecule has 0 bridgehead atoms. The van der Waals surface area contributed by atoms with Gasteiger partial charge >= 0.3 is 5.97 Å². The summed E-state index contributed by atoms with van der Waals surface area (Å²) in [4.78, 5) is 31.7. The second-order valence-electron chi connectivity index (χ2n) is 3.76. The minimum atomic E-state index is -1.07. The molecule has 0 saturated carbocycles. The van der Waals surface area contributed by atoms with Gasteiger partial charge in [-0.15, -0.1) is 0 Å². The largest absolute Gasteiger partial charge is 0.478 e. The predicted octanol–water partition coefficient (Wildman–Crippen LogP) is 0.373. The van der Waals surface area contributed by atoms with Gasteiger partial charge in [0.05, 0.1) is 17.8 Å². The Bertz CT molecular complexity index is 462. The summed E-state index contributed by atoms with van der Waals surface area (Å²) in [6, 6.07) is 0. The van der Waals surface area contributed by atoms with Crippen LogP contribution in [0.1, 0.15) is 23.0 Å². The first-order valence-corrected chi connectivity index (χ1v) is 5.50. The van der Waals surface area contributed by atoms with Crippen molar-refractivity contribution in [2.75, 3.05) is 25.5 Å². The van der Waals surface area contributed by atoms with Crippen molar-refractivity contribution in [2.24, 2.45) is 0 Å². The summed E-state index contributed by atoms with van der Waals surface area (Å²) >= 11 is 0. The standard InChI is InChI=1S/C11H16N4O3/c1-4-15(3)9(16)6-13-11-12-5-8(10(17)18)7(2)14-11/h5H,4,6H2,1-3H3,(H,17,18)(H,12,13,14). The lowest BCUT2D eigenvalue weighted by molar-refractivity contribution is -0.127. The maximum atomic E-state index is 11.5.